The lowest BCUT2D eigenvalue weighted by atomic mass is 9.99. The summed E-state index contributed by atoms with van der Waals surface area (Å²) < 4.78 is 92.7. The van der Waals surface area contributed by atoms with Crippen LogP contribution in [0.1, 0.15) is 52.5 Å². The lowest BCUT2D eigenvalue weighted by Crippen LogP contribution is -2.48. The maximum atomic E-state index is 13.7. The predicted octanol–water partition coefficient (Wildman–Crippen LogP) is 5.12. The Kier molecular flexibility index (Phi) is 6.45. The molecule has 2 aromatic heterocycles. The molecule has 8 nitrogen and oxygen atoms in total. The molecule has 3 aromatic rings. The fourth-order valence-electron chi connectivity index (χ4n) is 5.64. The third-order valence-electron chi connectivity index (χ3n) is 7.64. The first-order valence-electron chi connectivity index (χ1n) is 12.8. The van der Waals surface area contributed by atoms with Crippen LogP contribution in [0, 0.1) is 0 Å². The number of amides is 2. The molecule has 2 amide bonds. The third-order valence-corrected chi connectivity index (χ3v) is 7.64. The first-order chi connectivity index (χ1) is 19.4. The number of ether oxygens (including phenoxy) is 2. The van der Waals surface area contributed by atoms with Crippen molar-refractivity contribution in [2.24, 2.45) is 0 Å². The number of carbonyl (C=O) groups is 2. The van der Waals surface area contributed by atoms with Crippen LogP contribution in [0.15, 0.2) is 42.5 Å². The number of halogens is 6. The molecule has 41 heavy (non-hydrogen) atoms. The molecule has 0 saturated carbocycles. The SMILES string of the molecule is O=C(CC1c2ccccc2C(=O)N1c1ccc2c(C(F)(F)F)cc(C(F)(F)F)nc2n1)N1CCC2(CC1)OCCO2. The number of piperidine rings is 1. The van der Waals surface area contributed by atoms with Crippen molar-refractivity contribution in [1.29, 1.82) is 0 Å². The standard InChI is InChI=1S/C27H22F6N4O4/c28-26(29,30)18-13-20(27(31,32)33)34-23-17(18)5-6-21(35-23)37-19(15-3-1-2-4-16(15)24(37)39)14-22(38)36-9-7-25(8-10-36)40-11-12-41-25/h1-6,13,19H,7-12,14H2. The maximum Gasteiger partial charge on any atom is 0.433 e. The minimum Gasteiger partial charge on any atom is -0.347 e. The van der Waals surface area contributed by atoms with Crippen LogP contribution in [-0.2, 0) is 26.6 Å². The van der Waals surface area contributed by atoms with Gasteiger partial charge in [0.2, 0.25) is 5.91 Å². The summed E-state index contributed by atoms with van der Waals surface area (Å²) in [5.74, 6) is -1.79. The van der Waals surface area contributed by atoms with Crippen molar-refractivity contribution in [1.82, 2.24) is 14.9 Å². The topological polar surface area (TPSA) is 84.9 Å². The van der Waals surface area contributed by atoms with E-state index < -0.39 is 52.4 Å². The number of fused-ring (bicyclic) bond motifs is 2. The van der Waals surface area contributed by atoms with Crippen LogP contribution in [0.4, 0.5) is 32.2 Å². The van der Waals surface area contributed by atoms with Gasteiger partial charge in [0.25, 0.3) is 5.91 Å². The molecule has 0 N–H and O–H groups in total. The highest BCUT2D eigenvalue weighted by molar-refractivity contribution is 6.11. The summed E-state index contributed by atoms with van der Waals surface area (Å²) in [4.78, 5) is 37.0. The van der Waals surface area contributed by atoms with Gasteiger partial charge in [-0.3, -0.25) is 14.5 Å². The van der Waals surface area contributed by atoms with Crippen molar-refractivity contribution in [3.8, 4) is 0 Å². The number of nitrogens with zero attached hydrogens (tertiary/aromatic N) is 4. The Balaban J connectivity index is 1.35. The van der Waals surface area contributed by atoms with E-state index in [1.165, 1.54) is 6.07 Å². The zero-order chi connectivity index (χ0) is 29.2. The summed E-state index contributed by atoms with van der Waals surface area (Å²) in [7, 11) is 0. The summed E-state index contributed by atoms with van der Waals surface area (Å²) in [6, 6.07) is 7.59. The molecule has 1 unspecified atom stereocenters. The van der Waals surface area contributed by atoms with E-state index in [2.05, 4.69) is 9.97 Å². The van der Waals surface area contributed by atoms with Gasteiger partial charge in [-0.05, 0) is 29.8 Å². The molecule has 2 fully saturated rings. The van der Waals surface area contributed by atoms with Crippen molar-refractivity contribution in [2.75, 3.05) is 31.2 Å². The molecule has 1 atom stereocenters. The van der Waals surface area contributed by atoms with Gasteiger partial charge in [0.15, 0.2) is 11.4 Å². The molecule has 216 valence electrons. The number of rotatable bonds is 3. The van der Waals surface area contributed by atoms with Crippen LogP contribution in [0.5, 0.6) is 0 Å². The summed E-state index contributed by atoms with van der Waals surface area (Å²) in [6.07, 6.45) is -9.50. The average molecular weight is 580 g/mol. The Morgan fingerprint density at radius 1 is 0.951 bits per heavy atom. The first kappa shape index (κ1) is 27.4. The van der Waals surface area contributed by atoms with Crippen molar-refractivity contribution >= 4 is 28.7 Å². The predicted molar refractivity (Wildman–Crippen MR) is 131 cm³/mol. The van der Waals surface area contributed by atoms with Gasteiger partial charge in [0.05, 0.1) is 31.2 Å². The molecule has 1 spiro atoms. The number of benzene rings is 1. The van der Waals surface area contributed by atoms with E-state index in [-0.39, 0.29) is 29.8 Å². The fourth-order valence-corrected chi connectivity index (χ4v) is 5.64. The normalized spacial score (nSPS) is 20.7. The van der Waals surface area contributed by atoms with Gasteiger partial charge < -0.3 is 14.4 Å². The van der Waals surface area contributed by atoms with E-state index in [1.54, 1.807) is 23.1 Å². The fraction of sp³-hybridized carbons (Fsp3) is 0.407. The Morgan fingerprint density at radius 2 is 1.63 bits per heavy atom. The second-order valence-electron chi connectivity index (χ2n) is 10.1. The van der Waals surface area contributed by atoms with Gasteiger partial charge >= 0.3 is 12.4 Å². The van der Waals surface area contributed by atoms with E-state index in [4.69, 9.17) is 9.47 Å². The van der Waals surface area contributed by atoms with Crippen LogP contribution < -0.4 is 4.90 Å². The van der Waals surface area contributed by atoms with Gasteiger partial charge in [0.1, 0.15) is 11.5 Å². The van der Waals surface area contributed by atoms with Crippen molar-refractivity contribution in [3.05, 3.63) is 64.8 Å². The molecule has 1 aromatic carbocycles. The number of anilines is 1. The molecular formula is C27H22F6N4O4. The molecular weight excluding hydrogens is 558 g/mol. The molecule has 0 aliphatic carbocycles. The molecule has 3 aliphatic rings. The van der Waals surface area contributed by atoms with Crippen molar-refractivity contribution < 1.29 is 45.4 Å². The van der Waals surface area contributed by atoms with Gasteiger partial charge in [-0.1, -0.05) is 18.2 Å². The Hall–Kier alpha value is -3.78. The number of likely N-dealkylation sites (tertiary alicyclic amines) is 1. The van der Waals surface area contributed by atoms with Gasteiger partial charge in [0, 0.05) is 36.9 Å². The lowest BCUT2D eigenvalue weighted by Gasteiger charge is -2.38. The summed E-state index contributed by atoms with van der Waals surface area (Å²) in [5.41, 5.74) is -3.38. The van der Waals surface area contributed by atoms with Crippen LogP contribution in [0.2, 0.25) is 0 Å². The highest BCUT2D eigenvalue weighted by Crippen LogP contribution is 2.42. The number of pyridine rings is 2. The molecule has 6 rings (SSSR count). The van der Waals surface area contributed by atoms with E-state index in [0.29, 0.717) is 44.7 Å². The van der Waals surface area contributed by atoms with E-state index in [9.17, 15) is 35.9 Å². The molecule has 5 heterocycles. The highest BCUT2D eigenvalue weighted by Gasteiger charge is 2.44. The van der Waals surface area contributed by atoms with Gasteiger partial charge in [-0.15, -0.1) is 0 Å². The minimum absolute atomic E-state index is 0.0631. The number of aromatic nitrogens is 2. The van der Waals surface area contributed by atoms with Gasteiger partial charge in [-0.2, -0.15) is 26.3 Å². The Morgan fingerprint density at radius 3 is 2.29 bits per heavy atom. The van der Waals surface area contributed by atoms with E-state index in [0.717, 1.165) is 17.0 Å². The Labute approximate surface area is 228 Å². The van der Waals surface area contributed by atoms with Crippen LogP contribution in [0.3, 0.4) is 0 Å². The molecule has 2 saturated heterocycles. The molecule has 0 bridgehead atoms. The first-order valence-corrected chi connectivity index (χ1v) is 12.8. The number of hydrogen-bond donors (Lipinski definition) is 0. The van der Waals surface area contributed by atoms with E-state index >= 15 is 0 Å². The lowest BCUT2D eigenvalue weighted by molar-refractivity contribution is -0.187. The van der Waals surface area contributed by atoms with Crippen LogP contribution in [0.25, 0.3) is 11.0 Å². The van der Waals surface area contributed by atoms with Crippen molar-refractivity contribution in [3.63, 3.8) is 0 Å². The summed E-state index contributed by atoms with van der Waals surface area (Å²) in [5, 5.41) is -0.648. The third kappa shape index (κ3) is 4.88. The number of hydrogen-bond acceptors (Lipinski definition) is 6. The summed E-state index contributed by atoms with van der Waals surface area (Å²) in [6.45, 7) is 1.68. The number of alkyl halides is 6. The largest absolute Gasteiger partial charge is 0.433 e. The minimum atomic E-state index is -5.16. The van der Waals surface area contributed by atoms with Crippen LogP contribution >= 0.6 is 0 Å². The highest BCUT2D eigenvalue weighted by atomic mass is 19.4. The van der Waals surface area contributed by atoms with Crippen molar-refractivity contribution in [2.45, 2.75) is 43.4 Å². The maximum absolute atomic E-state index is 13.7. The monoisotopic (exact) mass is 580 g/mol. The molecule has 0 radical (unpaired) electrons. The van der Waals surface area contributed by atoms with Gasteiger partial charge in [-0.25, -0.2) is 9.97 Å². The summed E-state index contributed by atoms with van der Waals surface area (Å²) >= 11 is 0. The molecule has 3 aliphatic heterocycles. The Bertz CT molecular complexity index is 1530. The second kappa shape index (κ2) is 9.65. The average Bonchev–Trinajstić information content (AvgIpc) is 3.49. The smallest absolute Gasteiger partial charge is 0.347 e. The molecule has 14 heteroatoms. The zero-order valence-corrected chi connectivity index (χ0v) is 21.3. The van der Waals surface area contributed by atoms with E-state index in [1.807, 2.05) is 0 Å². The quantitative estimate of drug-likeness (QED) is 0.400. The second-order valence-corrected chi connectivity index (χ2v) is 10.1. The number of carbonyl (C=O) groups excluding carboxylic acids is 2. The zero-order valence-electron chi connectivity index (χ0n) is 21.3. The van der Waals surface area contributed by atoms with Crippen LogP contribution in [-0.4, -0.2) is 58.8 Å².